The van der Waals surface area contributed by atoms with Gasteiger partial charge in [-0.15, -0.1) is 0 Å². The molecule has 1 N–H and O–H groups in total. The Bertz CT molecular complexity index is 890. The molecule has 0 bridgehead atoms. The highest BCUT2D eigenvalue weighted by molar-refractivity contribution is 5.78. The van der Waals surface area contributed by atoms with Crippen LogP contribution in [0.5, 0.6) is 0 Å². The maximum atomic E-state index is 13.0. The lowest BCUT2D eigenvalue weighted by Crippen LogP contribution is -2.44. The van der Waals surface area contributed by atoms with Gasteiger partial charge in [0.1, 0.15) is 5.82 Å². The Morgan fingerprint density at radius 2 is 1.81 bits per heavy atom. The smallest absolute Gasteiger partial charge is 0.236 e. The summed E-state index contributed by atoms with van der Waals surface area (Å²) in [6.07, 6.45) is 8.17. The molecule has 0 aromatic carbocycles. The fourth-order valence-electron chi connectivity index (χ4n) is 4.91. The average Bonchev–Trinajstić information content (AvgIpc) is 3.21. The molecule has 1 saturated carbocycles. The fraction of sp³-hybridized carbons (Fsp3) is 0.583. The number of pyridine rings is 1. The summed E-state index contributed by atoms with van der Waals surface area (Å²) in [5.41, 5.74) is 2.85. The number of anilines is 2. The van der Waals surface area contributed by atoms with E-state index >= 15 is 0 Å². The Morgan fingerprint density at radius 3 is 2.55 bits per heavy atom. The van der Waals surface area contributed by atoms with Crippen molar-refractivity contribution < 1.29 is 4.79 Å². The van der Waals surface area contributed by atoms with Crippen molar-refractivity contribution in [3.8, 4) is 0 Å². The van der Waals surface area contributed by atoms with Gasteiger partial charge < -0.3 is 10.2 Å². The van der Waals surface area contributed by atoms with Crippen LogP contribution in [0.2, 0.25) is 0 Å². The first kappa shape index (κ1) is 21.7. The SMILES string of the molecule is Cc1cc(C)nc(Nc2cccc(C3CCCN3CC(=O)N(C)C3CCCCC3)n2)n1. The van der Waals surface area contributed by atoms with Crippen molar-refractivity contribution in [1.82, 2.24) is 24.8 Å². The van der Waals surface area contributed by atoms with E-state index in [-0.39, 0.29) is 11.9 Å². The summed E-state index contributed by atoms with van der Waals surface area (Å²) in [4.78, 5) is 31.0. The predicted molar refractivity (Wildman–Crippen MR) is 122 cm³/mol. The van der Waals surface area contributed by atoms with Gasteiger partial charge in [0.05, 0.1) is 18.3 Å². The molecule has 0 spiro atoms. The third-order valence-electron chi connectivity index (χ3n) is 6.55. The molecule has 1 atom stereocenters. The van der Waals surface area contributed by atoms with Crippen molar-refractivity contribution in [3.05, 3.63) is 41.3 Å². The molecular formula is C24H34N6O. The Hall–Kier alpha value is -2.54. The van der Waals surface area contributed by atoms with E-state index in [1.165, 1.54) is 19.3 Å². The molecule has 31 heavy (non-hydrogen) atoms. The van der Waals surface area contributed by atoms with Gasteiger partial charge in [-0.3, -0.25) is 9.69 Å². The third kappa shape index (κ3) is 5.39. The highest BCUT2D eigenvalue weighted by Gasteiger charge is 2.31. The molecule has 2 aromatic heterocycles. The van der Waals surface area contributed by atoms with Gasteiger partial charge in [0.15, 0.2) is 0 Å². The van der Waals surface area contributed by atoms with Crippen LogP contribution in [-0.4, -0.2) is 56.8 Å². The van der Waals surface area contributed by atoms with Crippen LogP contribution in [0.4, 0.5) is 11.8 Å². The minimum Gasteiger partial charge on any atom is -0.342 e. The number of rotatable bonds is 6. The highest BCUT2D eigenvalue weighted by Crippen LogP contribution is 2.32. The molecule has 1 saturated heterocycles. The number of hydrogen-bond donors (Lipinski definition) is 1. The largest absolute Gasteiger partial charge is 0.342 e. The van der Waals surface area contributed by atoms with E-state index < -0.39 is 0 Å². The van der Waals surface area contributed by atoms with Crippen molar-refractivity contribution in [2.24, 2.45) is 0 Å². The van der Waals surface area contributed by atoms with Crippen LogP contribution in [0.1, 0.15) is 68.1 Å². The van der Waals surface area contributed by atoms with Crippen LogP contribution in [0, 0.1) is 13.8 Å². The van der Waals surface area contributed by atoms with Gasteiger partial charge in [0, 0.05) is 24.5 Å². The van der Waals surface area contributed by atoms with Crippen LogP contribution >= 0.6 is 0 Å². The Morgan fingerprint density at radius 1 is 1.06 bits per heavy atom. The van der Waals surface area contributed by atoms with Crippen LogP contribution in [-0.2, 0) is 4.79 Å². The van der Waals surface area contributed by atoms with Crippen LogP contribution in [0.15, 0.2) is 24.3 Å². The van der Waals surface area contributed by atoms with Gasteiger partial charge in [-0.1, -0.05) is 25.3 Å². The zero-order chi connectivity index (χ0) is 21.8. The number of carbonyl (C=O) groups excluding carboxylic acids is 1. The number of likely N-dealkylation sites (N-methyl/N-ethyl adjacent to an activating group) is 1. The zero-order valence-electron chi connectivity index (χ0n) is 19.0. The van der Waals surface area contributed by atoms with E-state index in [0.717, 1.165) is 55.1 Å². The standard InChI is InChI=1S/C24H34N6O/c1-17-15-18(2)26-24(25-17)28-22-13-7-11-20(27-22)21-12-8-14-30(21)16-23(31)29(3)19-9-5-4-6-10-19/h7,11,13,15,19,21H,4-6,8-10,12,14,16H2,1-3H3,(H,25,26,27,28). The zero-order valence-corrected chi connectivity index (χ0v) is 19.0. The van der Waals surface area contributed by atoms with Crippen LogP contribution < -0.4 is 5.32 Å². The Balaban J connectivity index is 1.43. The molecule has 0 radical (unpaired) electrons. The lowest BCUT2D eigenvalue weighted by atomic mass is 9.94. The molecule has 1 aliphatic carbocycles. The first-order valence-electron chi connectivity index (χ1n) is 11.6. The van der Waals surface area contributed by atoms with Crippen molar-refractivity contribution in [2.75, 3.05) is 25.5 Å². The van der Waals surface area contributed by atoms with Crippen LogP contribution in [0.3, 0.4) is 0 Å². The van der Waals surface area contributed by atoms with Crippen LogP contribution in [0.25, 0.3) is 0 Å². The molecule has 4 rings (SSSR count). The van der Waals surface area contributed by atoms with E-state index in [0.29, 0.717) is 18.5 Å². The molecular weight excluding hydrogens is 388 g/mol. The van der Waals surface area contributed by atoms with Gasteiger partial charge in [0.25, 0.3) is 0 Å². The van der Waals surface area contributed by atoms with Crippen molar-refractivity contribution in [1.29, 1.82) is 0 Å². The van der Waals surface area contributed by atoms with Gasteiger partial charge in [0.2, 0.25) is 11.9 Å². The quantitative estimate of drug-likeness (QED) is 0.753. The number of likely N-dealkylation sites (tertiary alicyclic amines) is 1. The number of nitrogens with one attached hydrogen (secondary N) is 1. The Labute approximate surface area is 185 Å². The fourth-order valence-corrected chi connectivity index (χ4v) is 4.91. The van der Waals surface area contributed by atoms with Gasteiger partial charge in [-0.05, 0) is 64.3 Å². The summed E-state index contributed by atoms with van der Waals surface area (Å²) in [7, 11) is 1.98. The number of nitrogens with zero attached hydrogens (tertiary/aromatic N) is 5. The number of hydrogen-bond acceptors (Lipinski definition) is 6. The lowest BCUT2D eigenvalue weighted by Gasteiger charge is -2.33. The summed E-state index contributed by atoms with van der Waals surface area (Å²) in [6.45, 7) is 5.33. The molecule has 2 aromatic rings. The Kier molecular flexibility index (Phi) is 6.80. The summed E-state index contributed by atoms with van der Waals surface area (Å²) >= 11 is 0. The van der Waals surface area contributed by atoms with E-state index in [1.54, 1.807) is 0 Å². The summed E-state index contributed by atoms with van der Waals surface area (Å²) in [5, 5.41) is 3.24. The minimum atomic E-state index is 0.172. The topological polar surface area (TPSA) is 74.2 Å². The molecule has 7 nitrogen and oxygen atoms in total. The normalized spacial score (nSPS) is 20.0. The molecule has 1 unspecified atom stereocenters. The maximum absolute atomic E-state index is 13.0. The second-order valence-corrected chi connectivity index (χ2v) is 8.97. The highest BCUT2D eigenvalue weighted by atomic mass is 16.2. The average molecular weight is 423 g/mol. The molecule has 2 fully saturated rings. The monoisotopic (exact) mass is 422 g/mol. The first-order chi connectivity index (χ1) is 15.0. The van der Waals surface area contributed by atoms with Gasteiger partial charge in [-0.2, -0.15) is 0 Å². The summed E-state index contributed by atoms with van der Waals surface area (Å²) < 4.78 is 0. The molecule has 166 valence electrons. The first-order valence-corrected chi connectivity index (χ1v) is 11.6. The number of aromatic nitrogens is 3. The number of aryl methyl sites for hydroxylation is 2. The molecule has 1 aliphatic heterocycles. The molecule has 2 aliphatic rings. The predicted octanol–water partition coefficient (Wildman–Crippen LogP) is 4.16. The van der Waals surface area contributed by atoms with E-state index in [4.69, 9.17) is 4.98 Å². The van der Waals surface area contributed by atoms with Crippen molar-refractivity contribution in [3.63, 3.8) is 0 Å². The number of amides is 1. The van der Waals surface area contributed by atoms with Gasteiger partial charge in [-0.25, -0.2) is 15.0 Å². The molecule has 1 amide bonds. The van der Waals surface area contributed by atoms with E-state index in [9.17, 15) is 4.79 Å². The number of carbonyl (C=O) groups is 1. The third-order valence-corrected chi connectivity index (χ3v) is 6.55. The maximum Gasteiger partial charge on any atom is 0.236 e. The molecule has 3 heterocycles. The summed E-state index contributed by atoms with van der Waals surface area (Å²) in [5.74, 6) is 1.53. The van der Waals surface area contributed by atoms with Crippen molar-refractivity contribution in [2.45, 2.75) is 70.9 Å². The minimum absolute atomic E-state index is 0.172. The molecule has 7 heteroatoms. The summed E-state index contributed by atoms with van der Waals surface area (Å²) in [6, 6.07) is 8.54. The van der Waals surface area contributed by atoms with Crippen molar-refractivity contribution >= 4 is 17.7 Å². The lowest BCUT2D eigenvalue weighted by molar-refractivity contribution is -0.134. The van der Waals surface area contributed by atoms with Gasteiger partial charge >= 0.3 is 0 Å². The van der Waals surface area contributed by atoms with E-state index in [1.807, 2.05) is 44.0 Å². The second-order valence-electron chi connectivity index (χ2n) is 8.97. The van der Waals surface area contributed by atoms with E-state index in [2.05, 4.69) is 26.3 Å². The second kappa shape index (κ2) is 9.73.